The maximum Gasteiger partial charge on any atom is 0.203 e. The maximum atomic E-state index is 14.2. The molecule has 0 aliphatic rings. The Hall–Kier alpha value is -2.80. The van der Waals surface area contributed by atoms with Crippen molar-refractivity contribution in [3.63, 3.8) is 0 Å². The van der Waals surface area contributed by atoms with Gasteiger partial charge in [0.25, 0.3) is 0 Å². The third kappa shape index (κ3) is 3.62. The molecule has 0 aliphatic carbocycles. The van der Waals surface area contributed by atoms with Crippen molar-refractivity contribution in [3.05, 3.63) is 120 Å². The first-order chi connectivity index (χ1) is 14.1. The Bertz CT molecular complexity index is 1140. The van der Waals surface area contributed by atoms with E-state index >= 15 is 0 Å². The van der Waals surface area contributed by atoms with Crippen LogP contribution in [-0.2, 0) is 11.8 Å². The molecule has 0 N–H and O–H groups in total. The molecule has 0 aliphatic heterocycles. The van der Waals surface area contributed by atoms with Crippen LogP contribution in [-0.4, -0.2) is 5.52 Å². The SMILES string of the molecule is Cc1cccc(-c2ccccc2)c1C(=O)P(=S)(c1ccccc1)c1ccccc1. The molecular formula is C26H21OPS. The van der Waals surface area contributed by atoms with E-state index in [2.05, 4.69) is 0 Å². The van der Waals surface area contributed by atoms with Crippen molar-refractivity contribution in [1.82, 2.24) is 0 Å². The van der Waals surface area contributed by atoms with Crippen molar-refractivity contribution in [2.45, 2.75) is 6.92 Å². The molecule has 29 heavy (non-hydrogen) atoms. The third-order valence-electron chi connectivity index (χ3n) is 5.10. The quantitative estimate of drug-likeness (QED) is 0.378. The maximum absolute atomic E-state index is 14.2. The highest BCUT2D eigenvalue weighted by Gasteiger charge is 2.33. The standard InChI is InChI=1S/C26H21OPS/c1-20-12-11-19-24(21-13-5-2-6-14-21)25(20)26(27)28(29,22-15-7-3-8-16-22)23-17-9-4-10-18-23/h2-19H,1H3. The van der Waals surface area contributed by atoms with Crippen molar-refractivity contribution < 1.29 is 4.79 Å². The van der Waals surface area contributed by atoms with E-state index in [0.717, 1.165) is 32.9 Å². The molecule has 0 amide bonds. The number of aryl methyl sites for hydroxylation is 1. The summed E-state index contributed by atoms with van der Waals surface area (Å²) in [5.41, 5.74) is 3.70. The molecule has 142 valence electrons. The normalized spacial score (nSPS) is 11.2. The summed E-state index contributed by atoms with van der Waals surface area (Å²) in [6, 6.07) is 33.1. The molecule has 3 heteroatoms. The van der Waals surface area contributed by atoms with Gasteiger partial charge < -0.3 is 0 Å². The molecule has 0 aromatic heterocycles. The molecule has 4 aromatic rings. The first-order valence-corrected chi connectivity index (χ1v) is 12.3. The predicted molar refractivity (Wildman–Crippen MR) is 127 cm³/mol. The molecule has 4 aromatic carbocycles. The molecule has 0 saturated carbocycles. The lowest BCUT2D eigenvalue weighted by molar-refractivity contribution is 0.108. The Morgan fingerprint density at radius 1 is 0.655 bits per heavy atom. The van der Waals surface area contributed by atoms with E-state index < -0.39 is 6.04 Å². The zero-order chi connectivity index (χ0) is 20.3. The monoisotopic (exact) mass is 412 g/mol. The van der Waals surface area contributed by atoms with Gasteiger partial charge in [-0.05, 0) is 34.2 Å². The zero-order valence-corrected chi connectivity index (χ0v) is 17.9. The molecule has 0 radical (unpaired) electrons. The summed E-state index contributed by atoms with van der Waals surface area (Å²) >= 11 is 6.27. The number of benzene rings is 4. The van der Waals surface area contributed by atoms with E-state index in [-0.39, 0.29) is 5.52 Å². The minimum absolute atomic E-state index is 0.0434. The summed E-state index contributed by atoms with van der Waals surface area (Å²) in [7, 11) is 0. The lowest BCUT2D eigenvalue weighted by atomic mass is 9.97. The summed E-state index contributed by atoms with van der Waals surface area (Å²) in [6.45, 7) is 2.00. The van der Waals surface area contributed by atoms with Gasteiger partial charge in [-0.3, -0.25) is 4.79 Å². The van der Waals surface area contributed by atoms with Crippen LogP contribution in [0.3, 0.4) is 0 Å². The van der Waals surface area contributed by atoms with Gasteiger partial charge in [0.05, 0.1) is 6.04 Å². The van der Waals surface area contributed by atoms with Crippen LogP contribution in [0.2, 0.25) is 0 Å². The van der Waals surface area contributed by atoms with Crippen molar-refractivity contribution in [2.24, 2.45) is 0 Å². The molecule has 4 rings (SSSR count). The Morgan fingerprint density at radius 3 is 1.66 bits per heavy atom. The molecule has 0 saturated heterocycles. The second-order valence-corrected chi connectivity index (χ2v) is 11.2. The van der Waals surface area contributed by atoms with Crippen molar-refractivity contribution in [2.75, 3.05) is 0 Å². The van der Waals surface area contributed by atoms with Gasteiger partial charge in [-0.25, -0.2) is 0 Å². The van der Waals surface area contributed by atoms with Gasteiger partial charge in [0, 0.05) is 5.56 Å². The molecule has 0 bridgehead atoms. The molecule has 0 spiro atoms. The Kier molecular flexibility index (Phi) is 5.58. The summed E-state index contributed by atoms with van der Waals surface area (Å²) in [5.74, 6) is 0. The van der Waals surface area contributed by atoms with Crippen molar-refractivity contribution >= 4 is 34.0 Å². The first-order valence-electron chi connectivity index (χ1n) is 9.53. The van der Waals surface area contributed by atoms with Crippen LogP contribution in [0.5, 0.6) is 0 Å². The van der Waals surface area contributed by atoms with Crippen LogP contribution in [0.25, 0.3) is 11.1 Å². The van der Waals surface area contributed by atoms with Crippen LogP contribution in [0, 0.1) is 6.92 Å². The van der Waals surface area contributed by atoms with E-state index in [1.54, 1.807) is 0 Å². The average Bonchev–Trinajstić information content (AvgIpc) is 2.79. The van der Waals surface area contributed by atoms with Gasteiger partial charge in [0.15, 0.2) is 0 Å². The number of hydrogen-bond acceptors (Lipinski definition) is 2. The fourth-order valence-electron chi connectivity index (χ4n) is 3.63. The summed E-state index contributed by atoms with van der Waals surface area (Å²) in [5, 5.41) is 1.85. The second-order valence-electron chi connectivity index (χ2n) is 6.95. The van der Waals surface area contributed by atoms with E-state index in [9.17, 15) is 4.79 Å². The van der Waals surface area contributed by atoms with Crippen LogP contribution in [0.4, 0.5) is 0 Å². The van der Waals surface area contributed by atoms with E-state index in [1.165, 1.54) is 0 Å². The minimum atomic E-state index is -2.72. The van der Waals surface area contributed by atoms with Gasteiger partial charge in [-0.1, -0.05) is 121 Å². The zero-order valence-electron chi connectivity index (χ0n) is 16.2. The predicted octanol–water partition coefficient (Wildman–Crippen LogP) is 5.93. The molecule has 0 fully saturated rings. The smallest absolute Gasteiger partial charge is 0.203 e. The second kappa shape index (κ2) is 8.29. The highest BCUT2D eigenvalue weighted by Crippen LogP contribution is 2.49. The van der Waals surface area contributed by atoms with Crippen LogP contribution < -0.4 is 10.6 Å². The van der Waals surface area contributed by atoms with Crippen molar-refractivity contribution in [3.8, 4) is 11.1 Å². The Balaban J connectivity index is 1.98. The number of carbonyl (C=O) groups is 1. The Labute approximate surface area is 177 Å². The van der Waals surface area contributed by atoms with Gasteiger partial charge in [0.1, 0.15) is 0 Å². The fraction of sp³-hybridized carbons (Fsp3) is 0.0385. The molecule has 0 unspecified atom stereocenters. The van der Waals surface area contributed by atoms with Crippen LogP contribution >= 0.6 is 6.04 Å². The van der Waals surface area contributed by atoms with Crippen LogP contribution in [0.15, 0.2) is 109 Å². The van der Waals surface area contributed by atoms with E-state index in [1.807, 2.05) is 116 Å². The topological polar surface area (TPSA) is 17.1 Å². The third-order valence-corrected chi connectivity index (χ3v) is 9.71. The minimum Gasteiger partial charge on any atom is -0.287 e. The molecule has 0 atom stereocenters. The highest BCUT2D eigenvalue weighted by atomic mass is 32.4. The lowest BCUT2D eigenvalue weighted by Crippen LogP contribution is -2.23. The largest absolute Gasteiger partial charge is 0.287 e. The van der Waals surface area contributed by atoms with Gasteiger partial charge in [-0.2, -0.15) is 0 Å². The molecule has 1 nitrogen and oxygen atoms in total. The van der Waals surface area contributed by atoms with E-state index in [4.69, 9.17) is 11.8 Å². The average molecular weight is 412 g/mol. The molecular weight excluding hydrogens is 391 g/mol. The van der Waals surface area contributed by atoms with Gasteiger partial charge in [0.2, 0.25) is 5.52 Å². The van der Waals surface area contributed by atoms with Crippen molar-refractivity contribution in [1.29, 1.82) is 0 Å². The number of rotatable bonds is 5. The number of hydrogen-bond donors (Lipinski definition) is 0. The summed E-state index contributed by atoms with van der Waals surface area (Å²) in [4.78, 5) is 14.2. The first kappa shape index (κ1) is 19.5. The summed E-state index contributed by atoms with van der Waals surface area (Å²) in [6.07, 6.45) is 0. The summed E-state index contributed by atoms with van der Waals surface area (Å²) < 4.78 is 0. The Morgan fingerprint density at radius 2 is 1.14 bits per heavy atom. The number of carbonyl (C=O) groups excluding carboxylic acids is 1. The fourth-order valence-corrected chi connectivity index (χ4v) is 7.19. The van der Waals surface area contributed by atoms with Gasteiger partial charge >= 0.3 is 0 Å². The lowest BCUT2D eigenvalue weighted by Gasteiger charge is -2.24. The van der Waals surface area contributed by atoms with Crippen LogP contribution in [0.1, 0.15) is 15.9 Å². The highest BCUT2D eigenvalue weighted by molar-refractivity contribution is 8.30. The van der Waals surface area contributed by atoms with E-state index in [0.29, 0.717) is 0 Å². The van der Waals surface area contributed by atoms with Gasteiger partial charge in [-0.15, -0.1) is 0 Å². The molecule has 0 heterocycles.